The van der Waals surface area contributed by atoms with Gasteiger partial charge in [-0.1, -0.05) is 19.1 Å². The summed E-state index contributed by atoms with van der Waals surface area (Å²) in [6, 6.07) is 8.17. The monoisotopic (exact) mass is 264 g/mol. The number of thioether (sulfide) groups is 1. The summed E-state index contributed by atoms with van der Waals surface area (Å²) in [6.07, 6.45) is 2.82. The molecule has 0 fully saturated rings. The van der Waals surface area contributed by atoms with Crippen molar-refractivity contribution in [1.29, 1.82) is 0 Å². The Morgan fingerprint density at radius 1 is 1.33 bits per heavy atom. The van der Waals surface area contributed by atoms with Gasteiger partial charge in [-0.05, 0) is 37.9 Å². The number of carbonyl (C=O) groups excluding carboxylic acids is 1. The van der Waals surface area contributed by atoms with Gasteiger partial charge >= 0.3 is 0 Å². The zero-order chi connectivity index (χ0) is 13.0. The van der Waals surface area contributed by atoms with Crippen molar-refractivity contribution in [2.45, 2.75) is 36.3 Å². The van der Waals surface area contributed by atoms with Gasteiger partial charge in [-0.15, -0.1) is 11.8 Å². The normalized spacial score (nSPS) is 18.9. The zero-order valence-corrected chi connectivity index (χ0v) is 11.6. The second kappa shape index (κ2) is 6.25. The van der Waals surface area contributed by atoms with E-state index >= 15 is 0 Å². The van der Waals surface area contributed by atoms with Crippen LogP contribution in [-0.2, 0) is 4.79 Å². The minimum Gasteiger partial charge on any atom is -0.330 e. The van der Waals surface area contributed by atoms with Crippen LogP contribution in [-0.4, -0.2) is 24.2 Å². The molecule has 18 heavy (non-hydrogen) atoms. The van der Waals surface area contributed by atoms with Gasteiger partial charge in [0, 0.05) is 11.4 Å². The Morgan fingerprint density at radius 3 is 2.83 bits per heavy atom. The predicted molar refractivity (Wildman–Crippen MR) is 77.0 cm³/mol. The van der Waals surface area contributed by atoms with Crippen molar-refractivity contribution in [2.24, 2.45) is 5.73 Å². The fourth-order valence-electron chi connectivity index (χ4n) is 2.18. The van der Waals surface area contributed by atoms with Crippen LogP contribution in [0.5, 0.6) is 0 Å². The van der Waals surface area contributed by atoms with Gasteiger partial charge < -0.3 is 10.6 Å². The zero-order valence-electron chi connectivity index (χ0n) is 10.8. The fraction of sp³-hybridized carbons (Fsp3) is 0.500. The highest BCUT2D eigenvalue weighted by atomic mass is 32.2. The van der Waals surface area contributed by atoms with Crippen LogP contribution in [0.3, 0.4) is 0 Å². The van der Waals surface area contributed by atoms with E-state index in [-0.39, 0.29) is 11.2 Å². The molecule has 0 aromatic heterocycles. The van der Waals surface area contributed by atoms with E-state index < -0.39 is 0 Å². The first-order valence-corrected chi connectivity index (χ1v) is 7.43. The van der Waals surface area contributed by atoms with Crippen LogP contribution in [0.4, 0.5) is 5.69 Å². The minimum atomic E-state index is 0.0674. The van der Waals surface area contributed by atoms with Crippen LogP contribution in [0, 0.1) is 0 Å². The number of unbranched alkanes of at least 4 members (excludes halogenated alkanes) is 1. The Balaban J connectivity index is 2.21. The maximum absolute atomic E-state index is 12.4. The Hall–Kier alpha value is -1.00. The Morgan fingerprint density at radius 2 is 2.11 bits per heavy atom. The van der Waals surface area contributed by atoms with Crippen molar-refractivity contribution in [1.82, 2.24) is 0 Å². The molecule has 4 heteroatoms. The van der Waals surface area contributed by atoms with Crippen LogP contribution < -0.4 is 10.6 Å². The summed E-state index contributed by atoms with van der Waals surface area (Å²) in [5.74, 6) is 0.248. The van der Waals surface area contributed by atoms with E-state index in [1.807, 2.05) is 23.1 Å². The van der Waals surface area contributed by atoms with E-state index in [2.05, 4.69) is 13.0 Å². The standard InChI is InChI=1S/C14H20N2OS/c1-2-12-14(17)16(10-6-5-9-15)11-7-3-4-8-13(11)18-12/h3-4,7-8,12H,2,5-6,9-10,15H2,1H3. The molecule has 1 aromatic rings. The molecule has 2 rings (SSSR count). The second-order valence-electron chi connectivity index (χ2n) is 4.47. The summed E-state index contributed by atoms with van der Waals surface area (Å²) in [7, 11) is 0. The molecule has 2 N–H and O–H groups in total. The average Bonchev–Trinajstić information content (AvgIpc) is 2.41. The Bertz CT molecular complexity index is 422. The third-order valence-electron chi connectivity index (χ3n) is 3.17. The molecule has 1 unspecified atom stereocenters. The van der Waals surface area contributed by atoms with Crippen LogP contribution in [0.2, 0.25) is 0 Å². The van der Waals surface area contributed by atoms with E-state index in [1.165, 1.54) is 4.90 Å². The number of para-hydroxylation sites is 1. The fourth-order valence-corrected chi connectivity index (χ4v) is 3.34. The topological polar surface area (TPSA) is 46.3 Å². The molecule has 1 amide bonds. The number of nitrogens with two attached hydrogens (primary N) is 1. The summed E-state index contributed by atoms with van der Waals surface area (Å²) in [6.45, 7) is 3.54. The SMILES string of the molecule is CCC1Sc2ccccc2N(CCCCN)C1=O. The molecule has 0 spiro atoms. The molecule has 1 aliphatic rings. The lowest BCUT2D eigenvalue weighted by Crippen LogP contribution is -2.41. The van der Waals surface area contributed by atoms with E-state index in [0.717, 1.165) is 31.5 Å². The van der Waals surface area contributed by atoms with Gasteiger partial charge in [0.1, 0.15) is 0 Å². The molecule has 98 valence electrons. The molecule has 1 atom stereocenters. The Kier molecular flexibility index (Phi) is 4.66. The van der Waals surface area contributed by atoms with Crippen LogP contribution in [0.1, 0.15) is 26.2 Å². The lowest BCUT2D eigenvalue weighted by atomic mass is 10.2. The van der Waals surface area contributed by atoms with Crippen LogP contribution >= 0.6 is 11.8 Å². The van der Waals surface area contributed by atoms with Gasteiger partial charge in [0.2, 0.25) is 5.91 Å². The number of hydrogen-bond acceptors (Lipinski definition) is 3. The molecule has 0 aliphatic carbocycles. The summed E-state index contributed by atoms with van der Waals surface area (Å²) >= 11 is 1.69. The van der Waals surface area contributed by atoms with E-state index in [9.17, 15) is 4.79 Å². The van der Waals surface area contributed by atoms with Gasteiger partial charge in [0.25, 0.3) is 0 Å². The molecule has 1 heterocycles. The first kappa shape index (κ1) is 13.4. The molecule has 1 aliphatic heterocycles. The number of amides is 1. The summed E-state index contributed by atoms with van der Waals surface area (Å²) < 4.78 is 0. The van der Waals surface area contributed by atoms with E-state index in [1.54, 1.807) is 11.8 Å². The summed E-state index contributed by atoms with van der Waals surface area (Å²) in [5, 5.41) is 0.0674. The van der Waals surface area contributed by atoms with Gasteiger partial charge in [-0.25, -0.2) is 0 Å². The van der Waals surface area contributed by atoms with Crippen molar-refractivity contribution in [3.05, 3.63) is 24.3 Å². The molecular weight excluding hydrogens is 244 g/mol. The van der Waals surface area contributed by atoms with Crippen LogP contribution in [0.15, 0.2) is 29.2 Å². The van der Waals surface area contributed by atoms with Crippen LogP contribution in [0.25, 0.3) is 0 Å². The third-order valence-corrected chi connectivity index (χ3v) is 4.59. The highest BCUT2D eigenvalue weighted by molar-refractivity contribution is 8.01. The maximum Gasteiger partial charge on any atom is 0.240 e. The molecule has 0 saturated carbocycles. The van der Waals surface area contributed by atoms with Crippen molar-refractivity contribution in [2.75, 3.05) is 18.0 Å². The molecule has 3 nitrogen and oxygen atoms in total. The molecule has 0 bridgehead atoms. The van der Waals surface area contributed by atoms with Gasteiger partial charge in [-0.2, -0.15) is 0 Å². The van der Waals surface area contributed by atoms with Gasteiger partial charge in [-0.3, -0.25) is 4.79 Å². The minimum absolute atomic E-state index is 0.0674. The van der Waals surface area contributed by atoms with Gasteiger partial charge in [0.05, 0.1) is 10.9 Å². The smallest absolute Gasteiger partial charge is 0.240 e. The number of anilines is 1. The average molecular weight is 264 g/mol. The highest BCUT2D eigenvalue weighted by Crippen LogP contribution is 2.40. The van der Waals surface area contributed by atoms with E-state index in [0.29, 0.717) is 6.54 Å². The Labute approximate surface area is 113 Å². The first-order valence-electron chi connectivity index (χ1n) is 6.55. The summed E-state index contributed by atoms with van der Waals surface area (Å²) in [4.78, 5) is 15.5. The van der Waals surface area contributed by atoms with Gasteiger partial charge in [0.15, 0.2) is 0 Å². The molecule has 1 aromatic carbocycles. The molecule has 0 saturated heterocycles. The molecule has 0 radical (unpaired) electrons. The van der Waals surface area contributed by atoms with E-state index in [4.69, 9.17) is 5.73 Å². The predicted octanol–water partition coefficient (Wildman–Crippen LogP) is 2.64. The largest absolute Gasteiger partial charge is 0.330 e. The first-order chi connectivity index (χ1) is 8.77. The lowest BCUT2D eigenvalue weighted by molar-refractivity contribution is -0.118. The number of benzene rings is 1. The third kappa shape index (κ3) is 2.70. The number of fused-ring (bicyclic) bond motifs is 1. The maximum atomic E-state index is 12.4. The quantitative estimate of drug-likeness (QED) is 0.832. The number of rotatable bonds is 5. The van der Waals surface area contributed by atoms with Crippen molar-refractivity contribution in [3.8, 4) is 0 Å². The van der Waals surface area contributed by atoms with Crippen molar-refractivity contribution < 1.29 is 4.79 Å². The number of nitrogens with zero attached hydrogens (tertiary/aromatic N) is 1. The van der Waals surface area contributed by atoms with Crippen molar-refractivity contribution in [3.63, 3.8) is 0 Å². The molecular formula is C14H20N2OS. The summed E-state index contributed by atoms with van der Waals surface area (Å²) in [5.41, 5.74) is 6.58. The second-order valence-corrected chi connectivity index (χ2v) is 5.71. The van der Waals surface area contributed by atoms with Crippen molar-refractivity contribution >= 4 is 23.4 Å². The lowest BCUT2D eigenvalue weighted by Gasteiger charge is -2.33. The highest BCUT2D eigenvalue weighted by Gasteiger charge is 2.31. The number of carbonyl (C=O) groups is 1. The number of hydrogen-bond donors (Lipinski definition) is 1.